The Balaban J connectivity index is 2.08. The third-order valence-electron chi connectivity index (χ3n) is 3.06. The minimum absolute atomic E-state index is 0.258. The van der Waals surface area contributed by atoms with Crippen molar-refractivity contribution in [1.29, 1.82) is 0 Å². The number of methoxy groups -OCH3 is 1. The zero-order valence-electron chi connectivity index (χ0n) is 10.3. The second-order valence-electron chi connectivity index (χ2n) is 4.48. The number of anilines is 1. The molecule has 1 fully saturated rings. The van der Waals surface area contributed by atoms with Crippen molar-refractivity contribution in [2.75, 3.05) is 12.4 Å². The van der Waals surface area contributed by atoms with Crippen LogP contribution in [0.3, 0.4) is 0 Å². The van der Waals surface area contributed by atoms with Gasteiger partial charge in [-0.25, -0.2) is 0 Å². The number of nitrogens with one attached hydrogen (secondary N) is 1. The number of carboxylic acids is 1. The third kappa shape index (κ3) is 2.45. The number of carbonyl (C=O) groups is 2. The first-order chi connectivity index (χ1) is 8.52. The van der Waals surface area contributed by atoms with Crippen LogP contribution in [0.2, 0.25) is 0 Å². The van der Waals surface area contributed by atoms with E-state index in [0.717, 1.165) is 5.56 Å². The number of hydrogen-bond donors (Lipinski definition) is 2. The molecule has 0 bridgehead atoms. The highest BCUT2D eigenvalue weighted by atomic mass is 16.5. The predicted octanol–water partition coefficient (Wildman–Crippen LogP) is 1.66. The van der Waals surface area contributed by atoms with E-state index in [0.29, 0.717) is 17.9 Å². The van der Waals surface area contributed by atoms with E-state index in [1.165, 1.54) is 7.11 Å². The number of ether oxygens (including phenoxy) is 1. The van der Waals surface area contributed by atoms with Crippen LogP contribution < -0.4 is 10.1 Å². The molecule has 0 aliphatic heterocycles. The molecule has 0 saturated heterocycles. The van der Waals surface area contributed by atoms with Gasteiger partial charge in [-0.3, -0.25) is 9.59 Å². The van der Waals surface area contributed by atoms with E-state index >= 15 is 0 Å². The van der Waals surface area contributed by atoms with Gasteiger partial charge in [-0.2, -0.15) is 0 Å². The van der Waals surface area contributed by atoms with Gasteiger partial charge in [-0.05, 0) is 31.0 Å². The Hall–Kier alpha value is -2.04. The number of aryl methyl sites for hydroxylation is 1. The van der Waals surface area contributed by atoms with Gasteiger partial charge in [0, 0.05) is 0 Å². The summed E-state index contributed by atoms with van der Waals surface area (Å²) in [4.78, 5) is 22.5. The zero-order valence-corrected chi connectivity index (χ0v) is 10.3. The second-order valence-corrected chi connectivity index (χ2v) is 4.48. The van der Waals surface area contributed by atoms with Crippen LogP contribution in [0.15, 0.2) is 18.2 Å². The zero-order chi connectivity index (χ0) is 13.3. The van der Waals surface area contributed by atoms with Crippen LogP contribution >= 0.6 is 0 Å². The highest BCUT2D eigenvalue weighted by Crippen LogP contribution is 2.40. The van der Waals surface area contributed by atoms with Crippen LogP contribution in [0.5, 0.6) is 5.75 Å². The molecule has 0 aromatic heterocycles. The predicted molar refractivity (Wildman–Crippen MR) is 65.6 cm³/mol. The molecule has 0 heterocycles. The van der Waals surface area contributed by atoms with E-state index in [9.17, 15) is 9.59 Å². The molecule has 1 amide bonds. The van der Waals surface area contributed by atoms with Gasteiger partial charge in [0.2, 0.25) is 5.91 Å². The summed E-state index contributed by atoms with van der Waals surface area (Å²) in [7, 11) is 1.53. The van der Waals surface area contributed by atoms with Gasteiger partial charge in [-0.1, -0.05) is 6.07 Å². The molecular weight excluding hydrogens is 234 g/mol. The van der Waals surface area contributed by atoms with E-state index in [2.05, 4.69) is 5.32 Å². The Morgan fingerprint density at radius 1 is 1.39 bits per heavy atom. The Bertz CT molecular complexity index is 498. The van der Waals surface area contributed by atoms with Gasteiger partial charge in [-0.15, -0.1) is 0 Å². The van der Waals surface area contributed by atoms with Gasteiger partial charge in [0.05, 0.1) is 24.6 Å². The van der Waals surface area contributed by atoms with Crippen LogP contribution in [-0.4, -0.2) is 24.1 Å². The van der Waals surface area contributed by atoms with Gasteiger partial charge >= 0.3 is 5.97 Å². The fraction of sp³-hybridized carbons (Fsp3) is 0.385. The standard InChI is InChI=1S/C13H15NO4/c1-7-3-4-11(18-2)10(5-7)14-12(15)8-6-9(8)13(16)17/h3-5,8-9H,6H2,1-2H3,(H,14,15)(H,16,17). The lowest BCUT2D eigenvalue weighted by Gasteiger charge is -2.10. The number of benzene rings is 1. The van der Waals surface area contributed by atoms with E-state index in [1.54, 1.807) is 12.1 Å². The van der Waals surface area contributed by atoms with Crippen molar-refractivity contribution in [3.63, 3.8) is 0 Å². The fourth-order valence-electron chi connectivity index (χ4n) is 1.90. The van der Waals surface area contributed by atoms with E-state index in [-0.39, 0.29) is 5.91 Å². The average Bonchev–Trinajstić information content (AvgIpc) is 3.09. The summed E-state index contributed by atoms with van der Waals surface area (Å²) in [5.74, 6) is -1.56. The Labute approximate surface area is 105 Å². The average molecular weight is 249 g/mol. The van der Waals surface area contributed by atoms with Crippen molar-refractivity contribution in [3.8, 4) is 5.75 Å². The molecule has 1 aromatic rings. The van der Waals surface area contributed by atoms with Crippen molar-refractivity contribution in [1.82, 2.24) is 0 Å². The lowest BCUT2D eigenvalue weighted by Crippen LogP contribution is -2.17. The van der Waals surface area contributed by atoms with E-state index < -0.39 is 17.8 Å². The van der Waals surface area contributed by atoms with Crippen LogP contribution in [0.4, 0.5) is 5.69 Å². The maximum atomic E-state index is 11.8. The minimum Gasteiger partial charge on any atom is -0.495 e. The number of amides is 1. The first-order valence-corrected chi connectivity index (χ1v) is 5.71. The lowest BCUT2D eigenvalue weighted by molar-refractivity contribution is -0.139. The molecule has 5 heteroatoms. The SMILES string of the molecule is COc1ccc(C)cc1NC(=O)C1CC1C(=O)O. The summed E-state index contributed by atoms with van der Waals surface area (Å²) in [6.07, 6.45) is 0.412. The van der Waals surface area contributed by atoms with Crippen LogP contribution in [0.25, 0.3) is 0 Å². The van der Waals surface area contributed by atoms with Crippen LogP contribution in [0, 0.1) is 18.8 Å². The summed E-state index contributed by atoms with van der Waals surface area (Å²) in [5.41, 5.74) is 1.58. The largest absolute Gasteiger partial charge is 0.495 e. The molecule has 5 nitrogen and oxygen atoms in total. The molecule has 0 radical (unpaired) electrons. The number of aliphatic carboxylic acids is 1. The fourth-order valence-corrected chi connectivity index (χ4v) is 1.90. The Morgan fingerprint density at radius 2 is 2.11 bits per heavy atom. The van der Waals surface area contributed by atoms with Gasteiger partial charge in [0.1, 0.15) is 5.75 Å². The van der Waals surface area contributed by atoms with Gasteiger partial charge in [0.25, 0.3) is 0 Å². The molecule has 1 aromatic carbocycles. The summed E-state index contributed by atoms with van der Waals surface area (Å²) in [6.45, 7) is 1.91. The van der Waals surface area contributed by atoms with Gasteiger partial charge in [0.15, 0.2) is 0 Å². The maximum Gasteiger partial charge on any atom is 0.307 e. The summed E-state index contributed by atoms with van der Waals surface area (Å²) in [6, 6.07) is 5.45. The molecule has 2 N–H and O–H groups in total. The van der Waals surface area contributed by atoms with E-state index in [4.69, 9.17) is 9.84 Å². The van der Waals surface area contributed by atoms with Gasteiger partial charge < -0.3 is 15.2 Å². The lowest BCUT2D eigenvalue weighted by atomic mass is 10.2. The molecule has 2 atom stereocenters. The van der Waals surface area contributed by atoms with Crippen molar-refractivity contribution in [3.05, 3.63) is 23.8 Å². The molecule has 1 aliphatic carbocycles. The first-order valence-electron chi connectivity index (χ1n) is 5.71. The van der Waals surface area contributed by atoms with Crippen LogP contribution in [0.1, 0.15) is 12.0 Å². The smallest absolute Gasteiger partial charge is 0.307 e. The number of carbonyl (C=O) groups excluding carboxylic acids is 1. The molecule has 2 rings (SSSR count). The third-order valence-corrected chi connectivity index (χ3v) is 3.06. The maximum absolute atomic E-state index is 11.8. The molecule has 0 spiro atoms. The molecular formula is C13H15NO4. The molecule has 18 heavy (non-hydrogen) atoms. The van der Waals surface area contributed by atoms with Crippen LogP contribution in [-0.2, 0) is 9.59 Å². The molecule has 1 saturated carbocycles. The summed E-state index contributed by atoms with van der Waals surface area (Å²) >= 11 is 0. The topological polar surface area (TPSA) is 75.6 Å². The van der Waals surface area contributed by atoms with Crippen molar-refractivity contribution in [2.45, 2.75) is 13.3 Å². The number of hydrogen-bond acceptors (Lipinski definition) is 3. The summed E-state index contributed by atoms with van der Waals surface area (Å²) < 4.78 is 5.14. The molecule has 96 valence electrons. The second kappa shape index (κ2) is 4.68. The quantitative estimate of drug-likeness (QED) is 0.851. The summed E-state index contributed by atoms with van der Waals surface area (Å²) in [5, 5.41) is 11.5. The molecule has 2 unspecified atom stereocenters. The first kappa shape index (κ1) is 12.4. The highest BCUT2D eigenvalue weighted by Gasteiger charge is 2.48. The monoisotopic (exact) mass is 249 g/mol. The molecule has 1 aliphatic rings. The Morgan fingerprint density at radius 3 is 2.67 bits per heavy atom. The normalized spacial score (nSPS) is 21.2. The Kier molecular flexibility index (Phi) is 3.23. The van der Waals surface area contributed by atoms with E-state index in [1.807, 2.05) is 13.0 Å². The van der Waals surface area contributed by atoms with Crippen molar-refractivity contribution in [2.24, 2.45) is 11.8 Å². The number of carboxylic acid groups (broad SMARTS) is 1. The highest BCUT2D eigenvalue weighted by molar-refractivity contribution is 5.99. The number of rotatable bonds is 4. The van der Waals surface area contributed by atoms with Crippen molar-refractivity contribution < 1.29 is 19.4 Å². The van der Waals surface area contributed by atoms with Crippen molar-refractivity contribution >= 4 is 17.6 Å². The minimum atomic E-state index is -0.911.